The fraction of sp³-hybridized carbons (Fsp3) is 0.455. The Morgan fingerprint density at radius 1 is 1.07 bits per heavy atom. The third kappa shape index (κ3) is 10.9. The van der Waals surface area contributed by atoms with Crippen molar-refractivity contribution in [2.24, 2.45) is 0 Å². The molecule has 40 heavy (non-hydrogen) atoms. The minimum atomic E-state index is -0.447. The average Bonchev–Trinajstić information content (AvgIpc) is 2.99. The zero-order chi connectivity index (χ0) is 28.4. The summed E-state index contributed by atoms with van der Waals surface area (Å²) in [5.74, 6) is 6.36. The second kappa shape index (κ2) is 17.9. The number of esters is 2. The standard InChI is InChI=1S/C33H40O7/c1-3-37-33(35)28-17-10-13-26(25-28)14-12-24-38-30-18-11-16-27(29(30)20-21-31(34)36-2)15-6-4-5-8-22-39-32-19-7-9-23-40-32/h10-11,13,16-18,20-21,25,32H,3-5,7-9,12,14,19,22-24H2,1-2H3. The minimum Gasteiger partial charge on any atom is -0.493 e. The van der Waals surface area contributed by atoms with Gasteiger partial charge in [0.25, 0.3) is 0 Å². The van der Waals surface area contributed by atoms with Gasteiger partial charge in [0.2, 0.25) is 0 Å². The summed E-state index contributed by atoms with van der Waals surface area (Å²) in [6.45, 7) is 4.06. The fourth-order valence-electron chi connectivity index (χ4n) is 4.23. The Balaban J connectivity index is 1.55. The number of aryl methyl sites for hydroxylation is 1. The Kier molecular flexibility index (Phi) is 13.8. The number of unbranched alkanes of at least 4 members (excludes halogenated alkanes) is 2. The molecule has 0 spiro atoms. The Labute approximate surface area is 237 Å². The van der Waals surface area contributed by atoms with Crippen LogP contribution in [0.1, 0.15) is 78.9 Å². The van der Waals surface area contributed by atoms with E-state index < -0.39 is 5.97 Å². The maximum absolute atomic E-state index is 12.0. The van der Waals surface area contributed by atoms with Crippen molar-refractivity contribution in [3.8, 4) is 17.6 Å². The van der Waals surface area contributed by atoms with Crippen LogP contribution in [0.2, 0.25) is 0 Å². The molecule has 1 fully saturated rings. The van der Waals surface area contributed by atoms with Crippen LogP contribution in [0, 0.1) is 11.8 Å². The van der Waals surface area contributed by atoms with Crippen molar-refractivity contribution in [1.82, 2.24) is 0 Å². The number of carbonyl (C=O) groups excluding carboxylic acids is 2. The summed E-state index contributed by atoms with van der Waals surface area (Å²) in [6.07, 6.45) is 10.4. The van der Waals surface area contributed by atoms with Gasteiger partial charge in [-0.15, -0.1) is 0 Å². The summed E-state index contributed by atoms with van der Waals surface area (Å²) in [6, 6.07) is 13.1. The molecule has 1 aliphatic rings. The van der Waals surface area contributed by atoms with E-state index in [2.05, 4.69) is 11.8 Å². The fourth-order valence-corrected chi connectivity index (χ4v) is 4.23. The highest BCUT2D eigenvalue weighted by atomic mass is 16.7. The monoisotopic (exact) mass is 548 g/mol. The van der Waals surface area contributed by atoms with Crippen molar-refractivity contribution >= 4 is 18.0 Å². The molecule has 0 amide bonds. The lowest BCUT2D eigenvalue weighted by atomic mass is 10.1. The Bertz CT molecular complexity index is 1170. The van der Waals surface area contributed by atoms with Crippen LogP contribution in [-0.4, -0.2) is 51.8 Å². The van der Waals surface area contributed by atoms with Crippen LogP contribution in [0.5, 0.6) is 5.75 Å². The molecular formula is C33H40O7. The highest BCUT2D eigenvalue weighted by Crippen LogP contribution is 2.24. The molecule has 2 aromatic carbocycles. The molecule has 1 saturated heterocycles. The number of hydrogen-bond donors (Lipinski definition) is 0. The molecule has 0 radical (unpaired) electrons. The number of rotatable bonds is 14. The molecule has 1 unspecified atom stereocenters. The molecule has 0 bridgehead atoms. The summed E-state index contributed by atoms with van der Waals surface area (Å²) in [5.41, 5.74) is 3.11. The topological polar surface area (TPSA) is 80.3 Å². The molecule has 7 nitrogen and oxygen atoms in total. The van der Waals surface area contributed by atoms with E-state index in [0.717, 1.165) is 74.7 Å². The van der Waals surface area contributed by atoms with Crippen LogP contribution in [-0.2, 0) is 30.2 Å². The molecule has 7 heteroatoms. The second-order valence-corrected chi connectivity index (χ2v) is 9.37. The largest absolute Gasteiger partial charge is 0.493 e. The third-order valence-electron chi connectivity index (χ3n) is 6.32. The summed E-state index contributed by atoms with van der Waals surface area (Å²) in [5, 5.41) is 0. The Morgan fingerprint density at radius 2 is 1.95 bits per heavy atom. The SMILES string of the molecule is CCOC(=O)c1cccc(CCCOc2cccc(C#CCCCCOC3CCCCO3)c2C=CC(=O)OC)c1. The smallest absolute Gasteiger partial charge is 0.338 e. The molecule has 1 atom stereocenters. The number of methoxy groups -OCH3 is 1. The van der Waals surface area contributed by atoms with Gasteiger partial charge in [0.15, 0.2) is 6.29 Å². The molecule has 1 heterocycles. The Morgan fingerprint density at radius 3 is 2.75 bits per heavy atom. The van der Waals surface area contributed by atoms with E-state index in [0.29, 0.717) is 31.1 Å². The lowest BCUT2D eigenvalue weighted by Gasteiger charge is -2.22. The van der Waals surface area contributed by atoms with E-state index >= 15 is 0 Å². The van der Waals surface area contributed by atoms with E-state index in [1.807, 2.05) is 36.4 Å². The predicted octanol–water partition coefficient (Wildman–Crippen LogP) is 6.13. The minimum absolute atomic E-state index is 0.0542. The normalized spacial score (nSPS) is 14.8. The maximum atomic E-state index is 12.0. The van der Waals surface area contributed by atoms with E-state index in [-0.39, 0.29) is 12.3 Å². The summed E-state index contributed by atoms with van der Waals surface area (Å²) in [4.78, 5) is 23.8. The third-order valence-corrected chi connectivity index (χ3v) is 6.32. The number of carbonyl (C=O) groups is 2. The van der Waals surface area contributed by atoms with Gasteiger partial charge in [-0.3, -0.25) is 0 Å². The van der Waals surface area contributed by atoms with E-state index in [1.54, 1.807) is 19.1 Å². The highest BCUT2D eigenvalue weighted by molar-refractivity contribution is 5.89. The van der Waals surface area contributed by atoms with Crippen molar-refractivity contribution < 1.29 is 33.3 Å². The van der Waals surface area contributed by atoms with Crippen LogP contribution in [0.3, 0.4) is 0 Å². The first-order valence-corrected chi connectivity index (χ1v) is 14.1. The molecular weight excluding hydrogens is 508 g/mol. The first-order valence-electron chi connectivity index (χ1n) is 14.1. The lowest BCUT2D eigenvalue weighted by Crippen LogP contribution is -2.22. The number of ether oxygens (including phenoxy) is 5. The first-order chi connectivity index (χ1) is 19.6. The zero-order valence-corrected chi connectivity index (χ0v) is 23.6. The average molecular weight is 549 g/mol. The van der Waals surface area contributed by atoms with Crippen molar-refractivity contribution in [3.63, 3.8) is 0 Å². The lowest BCUT2D eigenvalue weighted by molar-refractivity contribution is -0.162. The Hall–Kier alpha value is -3.60. The van der Waals surface area contributed by atoms with Crippen molar-refractivity contribution in [1.29, 1.82) is 0 Å². The number of hydrogen-bond acceptors (Lipinski definition) is 7. The van der Waals surface area contributed by atoms with E-state index in [1.165, 1.54) is 13.2 Å². The molecule has 1 aliphatic heterocycles. The first kappa shape index (κ1) is 30.9. The van der Waals surface area contributed by atoms with E-state index in [4.69, 9.17) is 23.7 Å². The van der Waals surface area contributed by atoms with E-state index in [9.17, 15) is 9.59 Å². The van der Waals surface area contributed by atoms with Crippen LogP contribution in [0.15, 0.2) is 48.5 Å². The van der Waals surface area contributed by atoms with Gasteiger partial charge in [0, 0.05) is 36.8 Å². The van der Waals surface area contributed by atoms with Gasteiger partial charge in [-0.1, -0.05) is 30.0 Å². The summed E-state index contributed by atoms with van der Waals surface area (Å²) >= 11 is 0. The zero-order valence-electron chi connectivity index (χ0n) is 23.6. The van der Waals surface area contributed by atoms with Gasteiger partial charge in [-0.05, 0) is 87.8 Å². The van der Waals surface area contributed by atoms with Crippen LogP contribution >= 0.6 is 0 Å². The van der Waals surface area contributed by atoms with Crippen LogP contribution < -0.4 is 4.74 Å². The van der Waals surface area contributed by atoms with Crippen LogP contribution in [0.4, 0.5) is 0 Å². The van der Waals surface area contributed by atoms with Gasteiger partial charge in [0.1, 0.15) is 5.75 Å². The molecule has 214 valence electrons. The molecule has 0 aliphatic carbocycles. The van der Waals surface area contributed by atoms with Crippen molar-refractivity contribution in [2.45, 2.75) is 64.6 Å². The van der Waals surface area contributed by atoms with Crippen molar-refractivity contribution in [2.75, 3.05) is 33.5 Å². The van der Waals surface area contributed by atoms with Gasteiger partial charge < -0.3 is 23.7 Å². The van der Waals surface area contributed by atoms with Gasteiger partial charge in [-0.2, -0.15) is 0 Å². The van der Waals surface area contributed by atoms with Gasteiger partial charge in [0.05, 0.1) is 25.9 Å². The molecule has 0 N–H and O–H groups in total. The summed E-state index contributed by atoms with van der Waals surface area (Å²) in [7, 11) is 1.34. The maximum Gasteiger partial charge on any atom is 0.338 e. The summed E-state index contributed by atoms with van der Waals surface area (Å²) < 4.78 is 27.3. The molecule has 2 aromatic rings. The van der Waals surface area contributed by atoms with Gasteiger partial charge >= 0.3 is 11.9 Å². The molecule has 3 rings (SSSR count). The van der Waals surface area contributed by atoms with Crippen molar-refractivity contribution in [3.05, 3.63) is 70.8 Å². The molecule has 0 saturated carbocycles. The highest BCUT2D eigenvalue weighted by Gasteiger charge is 2.13. The van der Waals surface area contributed by atoms with Crippen LogP contribution in [0.25, 0.3) is 6.08 Å². The number of benzene rings is 2. The quantitative estimate of drug-likeness (QED) is 0.122. The van der Waals surface area contributed by atoms with Gasteiger partial charge in [-0.25, -0.2) is 9.59 Å². The predicted molar refractivity (Wildman–Crippen MR) is 154 cm³/mol. The molecule has 0 aromatic heterocycles. The second-order valence-electron chi connectivity index (χ2n) is 9.37.